The third-order valence-electron chi connectivity index (χ3n) is 3.08. The molecule has 6 heteroatoms. The van der Waals surface area contributed by atoms with Crippen LogP contribution in [0.15, 0.2) is 18.2 Å². The molecule has 0 saturated carbocycles. The lowest BCUT2D eigenvalue weighted by molar-refractivity contribution is 0.199. The first kappa shape index (κ1) is 15.2. The fraction of sp³-hybridized carbons (Fsp3) is 0.357. The number of ether oxygens (including phenoxy) is 1. The molecule has 0 amide bonds. The molecule has 0 aliphatic carbocycles. The van der Waals surface area contributed by atoms with Crippen molar-refractivity contribution in [2.24, 2.45) is 7.05 Å². The van der Waals surface area contributed by atoms with Gasteiger partial charge in [-0.3, -0.25) is 4.68 Å². The van der Waals surface area contributed by atoms with E-state index in [9.17, 15) is 5.11 Å². The van der Waals surface area contributed by atoms with Gasteiger partial charge in [0.05, 0.1) is 16.8 Å². The Hall–Kier alpha value is -1.23. The summed E-state index contributed by atoms with van der Waals surface area (Å²) in [5, 5.41) is 14.7. The number of halogens is 2. The van der Waals surface area contributed by atoms with Crippen LogP contribution in [0.4, 0.5) is 0 Å². The number of aliphatic hydroxyl groups is 1. The zero-order valence-electron chi connectivity index (χ0n) is 11.5. The van der Waals surface area contributed by atoms with Gasteiger partial charge in [0, 0.05) is 12.6 Å². The second-order valence-electron chi connectivity index (χ2n) is 4.63. The SMILES string of the molecule is Cc1nn(C)c(Cl)c1COc1ccc([C@@H](C)O)cc1Cl. The van der Waals surface area contributed by atoms with E-state index in [2.05, 4.69) is 5.10 Å². The summed E-state index contributed by atoms with van der Waals surface area (Å²) in [6.07, 6.45) is -0.559. The van der Waals surface area contributed by atoms with Gasteiger partial charge >= 0.3 is 0 Å². The molecule has 0 aliphatic rings. The third-order valence-corrected chi connectivity index (χ3v) is 3.85. The maximum Gasteiger partial charge on any atom is 0.138 e. The minimum absolute atomic E-state index is 0.298. The molecular weight excluding hydrogens is 299 g/mol. The Bertz CT molecular complexity index is 624. The number of aryl methyl sites for hydroxylation is 2. The van der Waals surface area contributed by atoms with E-state index >= 15 is 0 Å². The Morgan fingerprint density at radius 2 is 2.10 bits per heavy atom. The van der Waals surface area contributed by atoms with E-state index in [0.29, 0.717) is 22.5 Å². The molecule has 20 heavy (non-hydrogen) atoms. The molecular formula is C14H16Cl2N2O2. The molecule has 1 aromatic heterocycles. The van der Waals surface area contributed by atoms with Crippen molar-refractivity contribution in [3.8, 4) is 5.75 Å². The third kappa shape index (κ3) is 3.08. The summed E-state index contributed by atoms with van der Waals surface area (Å²) in [5.74, 6) is 0.551. The molecule has 1 heterocycles. The average Bonchev–Trinajstić information content (AvgIpc) is 2.62. The molecule has 2 aromatic rings. The lowest BCUT2D eigenvalue weighted by Crippen LogP contribution is -1.99. The number of hydrogen-bond donors (Lipinski definition) is 1. The van der Waals surface area contributed by atoms with E-state index < -0.39 is 6.10 Å². The topological polar surface area (TPSA) is 47.3 Å². The van der Waals surface area contributed by atoms with Crippen LogP contribution in [-0.2, 0) is 13.7 Å². The number of aliphatic hydroxyl groups excluding tert-OH is 1. The van der Waals surface area contributed by atoms with E-state index in [1.54, 1.807) is 36.9 Å². The fourth-order valence-corrected chi connectivity index (χ4v) is 2.35. The minimum atomic E-state index is -0.559. The molecule has 0 bridgehead atoms. The first-order valence-corrected chi connectivity index (χ1v) is 6.94. The van der Waals surface area contributed by atoms with Gasteiger partial charge in [0.1, 0.15) is 17.5 Å². The predicted octanol–water partition coefficient (Wildman–Crippen LogP) is 3.67. The smallest absolute Gasteiger partial charge is 0.138 e. The van der Waals surface area contributed by atoms with Crippen molar-refractivity contribution >= 4 is 23.2 Å². The van der Waals surface area contributed by atoms with Crippen LogP contribution in [0.25, 0.3) is 0 Å². The Kier molecular flexibility index (Phi) is 4.58. The second kappa shape index (κ2) is 6.04. The van der Waals surface area contributed by atoms with Crippen molar-refractivity contribution < 1.29 is 9.84 Å². The molecule has 1 aromatic carbocycles. The van der Waals surface area contributed by atoms with Crippen molar-refractivity contribution in [1.82, 2.24) is 9.78 Å². The van der Waals surface area contributed by atoms with E-state index in [4.69, 9.17) is 27.9 Å². The van der Waals surface area contributed by atoms with Crippen molar-refractivity contribution in [3.63, 3.8) is 0 Å². The standard InChI is InChI=1S/C14H16Cl2N2O2/c1-8-11(14(16)18(3)17-8)7-20-13-5-4-10(9(2)19)6-12(13)15/h4-6,9,19H,7H2,1-3H3/t9-/m1/s1. The van der Waals surface area contributed by atoms with Crippen LogP contribution >= 0.6 is 23.2 Å². The van der Waals surface area contributed by atoms with Gasteiger partial charge in [-0.1, -0.05) is 29.3 Å². The molecule has 0 radical (unpaired) electrons. The number of benzene rings is 1. The van der Waals surface area contributed by atoms with Crippen molar-refractivity contribution in [1.29, 1.82) is 0 Å². The zero-order chi connectivity index (χ0) is 14.9. The van der Waals surface area contributed by atoms with E-state index in [1.807, 2.05) is 6.92 Å². The van der Waals surface area contributed by atoms with Gasteiger partial charge in [0.2, 0.25) is 0 Å². The second-order valence-corrected chi connectivity index (χ2v) is 5.40. The van der Waals surface area contributed by atoms with E-state index in [0.717, 1.165) is 16.8 Å². The Morgan fingerprint density at radius 1 is 1.40 bits per heavy atom. The van der Waals surface area contributed by atoms with Gasteiger partial charge in [0.15, 0.2) is 0 Å². The van der Waals surface area contributed by atoms with Crippen LogP contribution in [-0.4, -0.2) is 14.9 Å². The van der Waals surface area contributed by atoms with Crippen LogP contribution in [0.2, 0.25) is 10.2 Å². The van der Waals surface area contributed by atoms with Gasteiger partial charge < -0.3 is 9.84 Å². The highest BCUT2D eigenvalue weighted by Crippen LogP contribution is 2.29. The largest absolute Gasteiger partial charge is 0.487 e. The summed E-state index contributed by atoms with van der Waals surface area (Å²) < 4.78 is 7.29. The van der Waals surface area contributed by atoms with Crippen LogP contribution in [0.1, 0.15) is 29.8 Å². The Morgan fingerprint density at radius 3 is 2.60 bits per heavy atom. The first-order chi connectivity index (χ1) is 9.40. The number of nitrogens with zero attached hydrogens (tertiary/aromatic N) is 2. The maximum atomic E-state index is 9.49. The summed E-state index contributed by atoms with van der Waals surface area (Å²) >= 11 is 12.3. The normalized spacial score (nSPS) is 12.5. The first-order valence-electron chi connectivity index (χ1n) is 6.18. The molecule has 1 N–H and O–H groups in total. The summed E-state index contributed by atoms with van der Waals surface area (Å²) in [6, 6.07) is 5.22. The van der Waals surface area contributed by atoms with Gasteiger partial charge in [-0.25, -0.2) is 0 Å². The monoisotopic (exact) mass is 314 g/mol. The van der Waals surface area contributed by atoms with Crippen molar-refractivity contribution in [2.75, 3.05) is 0 Å². The van der Waals surface area contributed by atoms with Gasteiger partial charge in [0.25, 0.3) is 0 Å². The summed E-state index contributed by atoms with van der Waals surface area (Å²) in [5.41, 5.74) is 2.41. The molecule has 1 atom stereocenters. The molecule has 4 nitrogen and oxygen atoms in total. The summed E-state index contributed by atoms with van der Waals surface area (Å²) in [6.45, 7) is 3.86. The molecule has 0 aliphatic heterocycles. The highest BCUT2D eigenvalue weighted by atomic mass is 35.5. The molecule has 108 valence electrons. The van der Waals surface area contributed by atoms with Gasteiger partial charge in [-0.15, -0.1) is 0 Å². The zero-order valence-corrected chi connectivity index (χ0v) is 13.0. The highest BCUT2D eigenvalue weighted by Gasteiger charge is 2.13. The lowest BCUT2D eigenvalue weighted by Gasteiger charge is -2.11. The number of hydrogen-bond acceptors (Lipinski definition) is 3. The van der Waals surface area contributed by atoms with Gasteiger partial charge in [-0.05, 0) is 31.5 Å². The predicted molar refractivity (Wildman–Crippen MR) is 79.4 cm³/mol. The van der Waals surface area contributed by atoms with E-state index in [1.165, 1.54) is 0 Å². The van der Waals surface area contributed by atoms with Crippen molar-refractivity contribution in [3.05, 3.63) is 45.2 Å². The number of rotatable bonds is 4. The average molecular weight is 315 g/mol. The van der Waals surface area contributed by atoms with Crippen molar-refractivity contribution in [2.45, 2.75) is 26.6 Å². The van der Waals surface area contributed by atoms with Crippen LogP contribution < -0.4 is 4.74 Å². The van der Waals surface area contributed by atoms with Crippen LogP contribution in [0.5, 0.6) is 5.75 Å². The summed E-state index contributed by atoms with van der Waals surface area (Å²) in [4.78, 5) is 0. The molecule has 0 fully saturated rings. The molecule has 0 spiro atoms. The van der Waals surface area contributed by atoms with Gasteiger partial charge in [-0.2, -0.15) is 5.10 Å². The quantitative estimate of drug-likeness (QED) is 0.936. The Balaban J connectivity index is 2.15. The number of aromatic nitrogens is 2. The highest BCUT2D eigenvalue weighted by molar-refractivity contribution is 6.32. The molecule has 2 rings (SSSR count). The minimum Gasteiger partial charge on any atom is -0.487 e. The summed E-state index contributed by atoms with van der Waals surface area (Å²) in [7, 11) is 1.78. The fourth-order valence-electron chi connectivity index (χ4n) is 1.88. The van der Waals surface area contributed by atoms with Crippen LogP contribution in [0.3, 0.4) is 0 Å². The van der Waals surface area contributed by atoms with E-state index in [-0.39, 0.29) is 0 Å². The Labute approximate surface area is 127 Å². The lowest BCUT2D eigenvalue weighted by atomic mass is 10.1. The maximum absolute atomic E-state index is 9.49. The molecule has 0 unspecified atom stereocenters. The molecule has 0 saturated heterocycles. The van der Waals surface area contributed by atoms with Crippen LogP contribution in [0, 0.1) is 6.92 Å².